The Hall–Kier alpha value is -3.29. The van der Waals surface area contributed by atoms with Crippen LogP contribution in [0.2, 0.25) is 0 Å². The van der Waals surface area contributed by atoms with E-state index < -0.39 is 17.7 Å². The van der Waals surface area contributed by atoms with Crippen LogP contribution in [0, 0.1) is 0 Å². The lowest BCUT2D eigenvalue weighted by Gasteiger charge is -2.29. The van der Waals surface area contributed by atoms with E-state index in [1.807, 2.05) is 17.7 Å². The fourth-order valence-corrected chi connectivity index (χ4v) is 2.63. The highest BCUT2D eigenvalue weighted by molar-refractivity contribution is 6.18. The summed E-state index contributed by atoms with van der Waals surface area (Å²) in [5.41, 5.74) is 0.421. The molecule has 1 fully saturated rings. The van der Waals surface area contributed by atoms with Gasteiger partial charge < -0.3 is 23.5 Å². The van der Waals surface area contributed by atoms with Gasteiger partial charge >= 0.3 is 11.9 Å². The van der Waals surface area contributed by atoms with Gasteiger partial charge in [-0.25, -0.2) is 14.6 Å². The highest BCUT2D eigenvalue weighted by Gasteiger charge is 2.38. The van der Waals surface area contributed by atoms with Crippen LogP contribution in [0.25, 0.3) is 6.08 Å². The Balaban J connectivity index is 1.76. The lowest BCUT2D eigenvalue weighted by Crippen LogP contribution is -2.41. The van der Waals surface area contributed by atoms with Gasteiger partial charge in [-0.1, -0.05) is 6.07 Å². The number of hydrogen-bond donors (Lipinski definition) is 0. The van der Waals surface area contributed by atoms with E-state index >= 15 is 0 Å². The van der Waals surface area contributed by atoms with Crippen molar-refractivity contribution < 1.29 is 28.5 Å². The molecule has 0 radical (unpaired) electrons. The van der Waals surface area contributed by atoms with Crippen molar-refractivity contribution in [1.82, 2.24) is 9.55 Å². The maximum atomic E-state index is 12.1. The summed E-state index contributed by atoms with van der Waals surface area (Å²) in [7, 11) is 0. The van der Waals surface area contributed by atoms with Crippen LogP contribution in [0.1, 0.15) is 26.3 Å². The topological polar surface area (TPSA) is 88.9 Å². The highest BCUT2D eigenvalue weighted by Crippen LogP contribution is 2.31. The SMILES string of the molecule is CCOc1cc(C=C2C(=O)OC(C)(C)OC2=O)ccc1OCCn1ccnc1. The first kappa shape index (κ1) is 19.5. The number of rotatable bonds is 7. The van der Waals surface area contributed by atoms with Gasteiger partial charge in [0.25, 0.3) is 5.79 Å². The maximum absolute atomic E-state index is 12.1. The molecule has 1 aliphatic heterocycles. The Kier molecular flexibility index (Phi) is 5.67. The predicted octanol–water partition coefficient (Wildman–Crippen LogP) is 2.58. The molecular formula is C20H22N2O6. The first-order chi connectivity index (χ1) is 13.4. The van der Waals surface area contributed by atoms with E-state index in [1.54, 1.807) is 30.7 Å². The van der Waals surface area contributed by atoms with Gasteiger partial charge in [-0.2, -0.15) is 0 Å². The molecule has 1 aliphatic rings. The molecule has 28 heavy (non-hydrogen) atoms. The number of hydrogen-bond acceptors (Lipinski definition) is 7. The minimum Gasteiger partial charge on any atom is -0.490 e. The van der Waals surface area contributed by atoms with Crippen molar-refractivity contribution in [3.05, 3.63) is 48.1 Å². The normalized spacial score (nSPS) is 15.6. The highest BCUT2D eigenvalue weighted by atomic mass is 16.7. The second-order valence-electron chi connectivity index (χ2n) is 6.53. The van der Waals surface area contributed by atoms with Gasteiger partial charge in [-0.15, -0.1) is 0 Å². The Bertz CT molecular complexity index is 864. The fourth-order valence-electron chi connectivity index (χ4n) is 2.63. The zero-order valence-electron chi connectivity index (χ0n) is 16.0. The largest absolute Gasteiger partial charge is 0.490 e. The average Bonchev–Trinajstić information content (AvgIpc) is 3.13. The van der Waals surface area contributed by atoms with E-state index in [0.29, 0.717) is 36.8 Å². The second-order valence-corrected chi connectivity index (χ2v) is 6.53. The number of benzene rings is 1. The third-order valence-electron chi connectivity index (χ3n) is 3.86. The third-order valence-corrected chi connectivity index (χ3v) is 3.86. The molecule has 0 N–H and O–H groups in total. The summed E-state index contributed by atoms with van der Waals surface area (Å²) >= 11 is 0. The minimum absolute atomic E-state index is 0.171. The third kappa shape index (κ3) is 4.70. The molecule has 8 heteroatoms. The second kappa shape index (κ2) is 8.16. The van der Waals surface area contributed by atoms with Gasteiger partial charge in [0.15, 0.2) is 11.5 Å². The van der Waals surface area contributed by atoms with Gasteiger partial charge in [-0.3, -0.25) is 0 Å². The number of ether oxygens (including phenoxy) is 4. The van der Waals surface area contributed by atoms with Crippen molar-refractivity contribution in [3.63, 3.8) is 0 Å². The quantitative estimate of drug-likeness (QED) is 0.410. The number of imidazole rings is 1. The average molecular weight is 386 g/mol. The number of cyclic esters (lactones) is 2. The predicted molar refractivity (Wildman–Crippen MR) is 99.6 cm³/mol. The van der Waals surface area contributed by atoms with E-state index in [1.165, 1.54) is 19.9 Å². The molecule has 1 aromatic heterocycles. The van der Waals surface area contributed by atoms with Crippen LogP contribution in [0.5, 0.6) is 11.5 Å². The molecule has 0 unspecified atom stereocenters. The number of esters is 2. The molecule has 1 saturated heterocycles. The lowest BCUT2D eigenvalue weighted by atomic mass is 10.1. The maximum Gasteiger partial charge on any atom is 0.348 e. The van der Waals surface area contributed by atoms with Crippen LogP contribution in [-0.4, -0.2) is 40.5 Å². The van der Waals surface area contributed by atoms with E-state index in [0.717, 1.165) is 0 Å². The van der Waals surface area contributed by atoms with Crippen molar-refractivity contribution in [2.24, 2.45) is 0 Å². The smallest absolute Gasteiger partial charge is 0.348 e. The standard InChI is InChI=1S/C20H22N2O6/c1-4-25-17-12-14(11-15-18(23)27-20(2,3)28-19(15)24)5-6-16(17)26-10-9-22-8-7-21-13-22/h5-8,11-13H,4,9-10H2,1-3H3. The first-order valence-corrected chi connectivity index (χ1v) is 8.92. The summed E-state index contributed by atoms with van der Waals surface area (Å²) in [6.07, 6.45) is 6.69. The van der Waals surface area contributed by atoms with E-state index in [9.17, 15) is 9.59 Å². The van der Waals surface area contributed by atoms with Crippen LogP contribution in [0.3, 0.4) is 0 Å². The van der Waals surface area contributed by atoms with Crippen LogP contribution in [0.15, 0.2) is 42.5 Å². The molecule has 148 valence electrons. The van der Waals surface area contributed by atoms with Crippen LogP contribution < -0.4 is 9.47 Å². The van der Waals surface area contributed by atoms with Gasteiger partial charge in [0, 0.05) is 26.2 Å². The van der Waals surface area contributed by atoms with Crippen molar-refractivity contribution >= 4 is 18.0 Å². The summed E-state index contributed by atoms with van der Waals surface area (Å²) in [5.74, 6) is -1.63. The molecule has 0 saturated carbocycles. The summed E-state index contributed by atoms with van der Waals surface area (Å²) in [6, 6.07) is 5.15. The monoisotopic (exact) mass is 386 g/mol. The summed E-state index contributed by atoms with van der Waals surface area (Å²) < 4.78 is 23.5. The molecule has 0 aliphatic carbocycles. The molecule has 8 nitrogen and oxygen atoms in total. The summed E-state index contributed by atoms with van der Waals surface area (Å²) in [5, 5.41) is 0. The zero-order chi connectivity index (χ0) is 20.1. The van der Waals surface area contributed by atoms with Crippen molar-refractivity contribution in [1.29, 1.82) is 0 Å². The molecule has 3 rings (SSSR count). The Labute approximate surface area is 162 Å². The number of nitrogens with zero attached hydrogens (tertiary/aromatic N) is 2. The summed E-state index contributed by atoms with van der Waals surface area (Å²) in [6.45, 7) is 6.38. The fraction of sp³-hybridized carbons (Fsp3) is 0.350. The van der Waals surface area contributed by atoms with Crippen LogP contribution in [0.4, 0.5) is 0 Å². The van der Waals surface area contributed by atoms with Crippen LogP contribution >= 0.6 is 0 Å². The molecular weight excluding hydrogens is 364 g/mol. The number of aromatic nitrogens is 2. The van der Waals surface area contributed by atoms with Gasteiger partial charge in [0.05, 0.1) is 19.5 Å². The molecule has 0 bridgehead atoms. The molecule has 0 spiro atoms. The minimum atomic E-state index is -1.27. The zero-order valence-corrected chi connectivity index (χ0v) is 16.0. The molecule has 0 amide bonds. The van der Waals surface area contributed by atoms with Crippen LogP contribution in [-0.2, 0) is 25.6 Å². The van der Waals surface area contributed by atoms with E-state index in [-0.39, 0.29) is 5.57 Å². The molecule has 1 aromatic carbocycles. The van der Waals surface area contributed by atoms with Gasteiger partial charge in [0.1, 0.15) is 12.2 Å². The lowest BCUT2D eigenvalue weighted by molar-refractivity contribution is -0.222. The van der Waals surface area contributed by atoms with Crippen molar-refractivity contribution in [2.75, 3.05) is 13.2 Å². The van der Waals surface area contributed by atoms with E-state index in [2.05, 4.69) is 4.98 Å². The van der Waals surface area contributed by atoms with Crippen molar-refractivity contribution in [2.45, 2.75) is 33.1 Å². The van der Waals surface area contributed by atoms with Gasteiger partial charge in [-0.05, 0) is 30.7 Å². The first-order valence-electron chi connectivity index (χ1n) is 8.92. The van der Waals surface area contributed by atoms with E-state index in [4.69, 9.17) is 18.9 Å². The Morgan fingerprint density at radius 2 is 1.89 bits per heavy atom. The Morgan fingerprint density at radius 1 is 1.14 bits per heavy atom. The molecule has 0 atom stereocenters. The van der Waals surface area contributed by atoms with Gasteiger partial charge in [0.2, 0.25) is 0 Å². The Morgan fingerprint density at radius 3 is 2.54 bits per heavy atom. The van der Waals surface area contributed by atoms with Crippen molar-refractivity contribution in [3.8, 4) is 11.5 Å². The number of carbonyl (C=O) groups is 2. The molecule has 2 aromatic rings. The number of carbonyl (C=O) groups excluding carboxylic acids is 2. The molecule has 2 heterocycles. The summed E-state index contributed by atoms with van der Waals surface area (Å²) in [4.78, 5) is 28.2.